The fraction of sp³-hybridized carbons (Fsp3) is 0.391. The van der Waals surface area contributed by atoms with Crippen molar-refractivity contribution in [1.29, 1.82) is 0 Å². The van der Waals surface area contributed by atoms with Gasteiger partial charge in [-0.05, 0) is 61.9 Å². The molecule has 1 atom stereocenters. The van der Waals surface area contributed by atoms with E-state index in [1.165, 1.54) is 6.42 Å². The van der Waals surface area contributed by atoms with Crippen molar-refractivity contribution >= 4 is 40.5 Å². The summed E-state index contributed by atoms with van der Waals surface area (Å²) in [7, 11) is 0. The Balaban J connectivity index is 1.39. The molecule has 5 nitrogen and oxygen atoms in total. The molecule has 2 aliphatic heterocycles. The minimum atomic E-state index is -0.184. The van der Waals surface area contributed by atoms with Crippen LogP contribution in [0.4, 0.5) is 17.1 Å². The second kappa shape index (κ2) is 8.87. The van der Waals surface area contributed by atoms with Gasteiger partial charge in [-0.25, -0.2) is 0 Å². The fourth-order valence-corrected chi connectivity index (χ4v) is 4.36. The Morgan fingerprint density at radius 1 is 1.14 bits per heavy atom. The van der Waals surface area contributed by atoms with Crippen LogP contribution in [0.1, 0.15) is 37.7 Å². The maximum Gasteiger partial charge on any atom is 0.227 e. The van der Waals surface area contributed by atoms with Crippen LogP contribution in [-0.2, 0) is 16.0 Å². The third kappa shape index (κ3) is 4.73. The number of amides is 2. The monoisotopic (exact) mass is 411 g/mol. The van der Waals surface area contributed by atoms with Crippen molar-refractivity contribution in [3.63, 3.8) is 0 Å². The molecule has 0 bridgehead atoms. The van der Waals surface area contributed by atoms with E-state index in [9.17, 15) is 9.59 Å². The van der Waals surface area contributed by atoms with Crippen molar-refractivity contribution in [2.24, 2.45) is 5.92 Å². The number of para-hydroxylation sites is 1. The molecule has 2 aliphatic rings. The van der Waals surface area contributed by atoms with E-state index in [1.807, 2.05) is 42.5 Å². The molecular formula is C23H26ClN3O2. The Kier molecular flexibility index (Phi) is 6.05. The van der Waals surface area contributed by atoms with Gasteiger partial charge in [-0.15, -0.1) is 0 Å². The lowest BCUT2D eigenvalue weighted by atomic mass is 9.89. The Labute approximate surface area is 176 Å². The summed E-state index contributed by atoms with van der Waals surface area (Å²) in [5.41, 5.74) is 3.78. The molecule has 29 heavy (non-hydrogen) atoms. The molecule has 2 amide bonds. The number of carbonyl (C=O) groups excluding carboxylic acids is 2. The molecule has 0 aliphatic carbocycles. The molecule has 0 aromatic heterocycles. The molecule has 2 aromatic carbocycles. The quantitative estimate of drug-likeness (QED) is 0.738. The SMILES string of the molecule is O=C(CC[C@@H]1Cc2ccccc2NC1=O)Nc1cc(Cl)ccc1N1CCCCC1. The van der Waals surface area contributed by atoms with E-state index < -0.39 is 0 Å². The first-order valence-corrected chi connectivity index (χ1v) is 10.7. The van der Waals surface area contributed by atoms with E-state index in [0.717, 1.165) is 48.6 Å². The summed E-state index contributed by atoms with van der Waals surface area (Å²) in [5.74, 6) is -0.276. The number of piperidine rings is 1. The predicted octanol–water partition coefficient (Wildman–Crippen LogP) is 4.86. The Bertz CT molecular complexity index is 909. The first-order valence-electron chi connectivity index (χ1n) is 10.3. The van der Waals surface area contributed by atoms with Crippen LogP contribution >= 0.6 is 11.6 Å². The van der Waals surface area contributed by atoms with Crippen LogP contribution in [0.5, 0.6) is 0 Å². The summed E-state index contributed by atoms with van der Waals surface area (Å²) in [5, 5.41) is 6.57. The third-order valence-electron chi connectivity index (χ3n) is 5.76. The summed E-state index contributed by atoms with van der Waals surface area (Å²) in [6.45, 7) is 1.98. The van der Waals surface area contributed by atoms with Gasteiger partial charge in [-0.2, -0.15) is 0 Å². The summed E-state index contributed by atoms with van der Waals surface area (Å²) in [6.07, 6.45) is 5.06. The van der Waals surface area contributed by atoms with Gasteiger partial charge in [-0.1, -0.05) is 29.8 Å². The highest BCUT2D eigenvalue weighted by Crippen LogP contribution is 2.32. The van der Waals surface area contributed by atoms with Crippen LogP contribution in [-0.4, -0.2) is 24.9 Å². The smallest absolute Gasteiger partial charge is 0.227 e. The zero-order chi connectivity index (χ0) is 20.2. The molecule has 2 N–H and O–H groups in total. The van der Waals surface area contributed by atoms with Gasteiger partial charge in [0.2, 0.25) is 11.8 Å². The molecule has 2 heterocycles. The molecule has 1 saturated heterocycles. The van der Waals surface area contributed by atoms with E-state index in [0.29, 0.717) is 24.3 Å². The fourth-order valence-electron chi connectivity index (χ4n) is 4.18. The minimum absolute atomic E-state index is 0.00624. The van der Waals surface area contributed by atoms with Crippen LogP contribution in [0.25, 0.3) is 0 Å². The van der Waals surface area contributed by atoms with Crippen molar-refractivity contribution < 1.29 is 9.59 Å². The summed E-state index contributed by atoms with van der Waals surface area (Å²) in [6, 6.07) is 13.5. The highest BCUT2D eigenvalue weighted by molar-refractivity contribution is 6.31. The lowest BCUT2D eigenvalue weighted by Crippen LogP contribution is -2.31. The number of carbonyl (C=O) groups is 2. The van der Waals surface area contributed by atoms with Crippen molar-refractivity contribution in [3.8, 4) is 0 Å². The normalized spacial score (nSPS) is 18.7. The molecule has 0 unspecified atom stereocenters. The Hall–Kier alpha value is -2.53. The molecule has 0 spiro atoms. The first kappa shape index (κ1) is 19.8. The van der Waals surface area contributed by atoms with Gasteiger partial charge < -0.3 is 15.5 Å². The molecule has 0 saturated carbocycles. The second-order valence-electron chi connectivity index (χ2n) is 7.84. The lowest BCUT2D eigenvalue weighted by molar-refractivity contribution is -0.121. The van der Waals surface area contributed by atoms with E-state index >= 15 is 0 Å². The average molecular weight is 412 g/mol. The van der Waals surface area contributed by atoms with Crippen LogP contribution in [0, 0.1) is 5.92 Å². The minimum Gasteiger partial charge on any atom is -0.370 e. The largest absolute Gasteiger partial charge is 0.370 e. The summed E-state index contributed by atoms with van der Waals surface area (Å²) >= 11 is 6.18. The topological polar surface area (TPSA) is 61.4 Å². The molecule has 4 rings (SSSR count). The number of hydrogen-bond acceptors (Lipinski definition) is 3. The maximum atomic E-state index is 12.6. The van der Waals surface area contributed by atoms with Gasteiger partial charge in [0.1, 0.15) is 0 Å². The van der Waals surface area contributed by atoms with Crippen molar-refractivity contribution in [3.05, 3.63) is 53.1 Å². The van der Waals surface area contributed by atoms with Gasteiger partial charge in [-0.3, -0.25) is 9.59 Å². The van der Waals surface area contributed by atoms with Crippen LogP contribution in [0.3, 0.4) is 0 Å². The maximum absolute atomic E-state index is 12.6. The third-order valence-corrected chi connectivity index (χ3v) is 6.00. The van der Waals surface area contributed by atoms with Crippen molar-refractivity contribution in [2.75, 3.05) is 28.6 Å². The number of nitrogens with zero attached hydrogens (tertiary/aromatic N) is 1. The number of halogens is 1. The van der Waals surface area contributed by atoms with Crippen LogP contribution < -0.4 is 15.5 Å². The molecule has 152 valence electrons. The molecular weight excluding hydrogens is 386 g/mol. The number of fused-ring (bicyclic) bond motifs is 1. The number of anilines is 3. The zero-order valence-corrected chi connectivity index (χ0v) is 17.2. The molecule has 1 fully saturated rings. The summed E-state index contributed by atoms with van der Waals surface area (Å²) in [4.78, 5) is 27.3. The lowest BCUT2D eigenvalue weighted by Gasteiger charge is -2.30. The average Bonchev–Trinajstić information content (AvgIpc) is 2.73. The first-order chi connectivity index (χ1) is 14.1. The van der Waals surface area contributed by atoms with Crippen molar-refractivity contribution in [1.82, 2.24) is 0 Å². The number of rotatable bonds is 5. The van der Waals surface area contributed by atoms with Crippen molar-refractivity contribution in [2.45, 2.75) is 38.5 Å². The van der Waals surface area contributed by atoms with Crippen LogP contribution in [0.2, 0.25) is 5.02 Å². The highest BCUT2D eigenvalue weighted by atomic mass is 35.5. The van der Waals surface area contributed by atoms with Gasteiger partial charge in [0.05, 0.1) is 11.4 Å². The molecule has 2 aromatic rings. The van der Waals surface area contributed by atoms with Crippen LogP contribution in [0.15, 0.2) is 42.5 Å². The Morgan fingerprint density at radius 2 is 1.93 bits per heavy atom. The number of nitrogens with one attached hydrogen (secondary N) is 2. The predicted molar refractivity (Wildman–Crippen MR) is 118 cm³/mol. The Morgan fingerprint density at radius 3 is 2.76 bits per heavy atom. The van der Waals surface area contributed by atoms with E-state index in [4.69, 9.17) is 11.6 Å². The molecule has 6 heteroatoms. The van der Waals surface area contributed by atoms with E-state index in [-0.39, 0.29) is 17.7 Å². The second-order valence-corrected chi connectivity index (χ2v) is 8.28. The number of hydrogen-bond donors (Lipinski definition) is 2. The standard InChI is InChI=1S/C23H26ClN3O2/c24-18-9-10-21(27-12-4-1-5-13-27)20(15-18)25-22(28)11-8-17-14-16-6-2-3-7-19(16)26-23(17)29/h2-3,6-7,9-10,15,17H,1,4-5,8,11-14H2,(H,25,28)(H,26,29)/t17-/m1/s1. The zero-order valence-electron chi connectivity index (χ0n) is 16.4. The van der Waals surface area contributed by atoms with Gasteiger partial charge in [0.25, 0.3) is 0 Å². The molecule has 0 radical (unpaired) electrons. The number of benzene rings is 2. The van der Waals surface area contributed by atoms with Gasteiger partial charge in [0, 0.05) is 36.1 Å². The van der Waals surface area contributed by atoms with Gasteiger partial charge >= 0.3 is 0 Å². The highest BCUT2D eigenvalue weighted by Gasteiger charge is 2.26. The van der Waals surface area contributed by atoms with E-state index in [2.05, 4.69) is 15.5 Å². The van der Waals surface area contributed by atoms with Gasteiger partial charge in [0.15, 0.2) is 0 Å². The summed E-state index contributed by atoms with van der Waals surface area (Å²) < 4.78 is 0. The van der Waals surface area contributed by atoms with E-state index in [1.54, 1.807) is 0 Å².